The molecule has 2 atom stereocenters. The lowest BCUT2D eigenvalue weighted by molar-refractivity contribution is -0.725. The largest absolute Gasteiger partial charge is 0.569 e. The van der Waals surface area contributed by atoms with Crippen molar-refractivity contribution >= 4 is 12.1 Å². The lowest BCUT2D eigenvalue weighted by Gasteiger charge is -2.29. The van der Waals surface area contributed by atoms with Crippen LogP contribution in [0.3, 0.4) is 0 Å². The third-order valence-corrected chi connectivity index (χ3v) is 3.91. The maximum absolute atomic E-state index is 12.4. The molecule has 1 saturated heterocycles. The van der Waals surface area contributed by atoms with Gasteiger partial charge in [-0.05, 0) is 48.5 Å². The van der Waals surface area contributed by atoms with Gasteiger partial charge in [-0.3, -0.25) is 4.90 Å². The molecule has 10 heteroatoms. The average molecular weight is 388 g/mol. The highest BCUT2D eigenvalue weighted by atomic mass is 16.7. The number of hydrazine groups is 1. The van der Waals surface area contributed by atoms with Crippen molar-refractivity contribution in [2.24, 2.45) is 5.28 Å². The molecule has 1 aliphatic rings. The monoisotopic (exact) mass is 388 g/mol. The van der Waals surface area contributed by atoms with Gasteiger partial charge in [-0.1, -0.05) is 0 Å². The van der Waals surface area contributed by atoms with Gasteiger partial charge in [0.15, 0.2) is 6.10 Å². The van der Waals surface area contributed by atoms with E-state index in [-0.39, 0.29) is 13.0 Å². The van der Waals surface area contributed by atoms with Gasteiger partial charge >= 0.3 is 12.1 Å². The summed E-state index contributed by atoms with van der Waals surface area (Å²) in [6.07, 6.45) is -1.12. The molecule has 1 amide bonds. The number of hydrogen-bond donors (Lipinski definition) is 0. The van der Waals surface area contributed by atoms with Gasteiger partial charge in [0.1, 0.15) is 11.6 Å². The van der Waals surface area contributed by atoms with Crippen molar-refractivity contribution < 1.29 is 28.9 Å². The first-order valence-electron chi connectivity index (χ1n) is 8.99. The van der Waals surface area contributed by atoms with Crippen LogP contribution in [-0.4, -0.2) is 70.4 Å². The van der Waals surface area contributed by atoms with Crippen LogP contribution in [0.5, 0.6) is 0 Å². The van der Waals surface area contributed by atoms with Crippen molar-refractivity contribution in [3.8, 4) is 0 Å². The molecule has 1 fully saturated rings. The number of rotatable bonds is 5. The summed E-state index contributed by atoms with van der Waals surface area (Å²) in [5, 5.41) is 17.3. The van der Waals surface area contributed by atoms with E-state index in [9.17, 15) is 14.8 Å². The van der Waals surface area contributed by atoms with Gasteiger partial charge in [0.05, 0.1) is 30.7 Å². The Balaban J connectivity index is 2.88. The number of methoxy groups -OCH3 is 1. The van der Waals surface area contributed by atoms with Crippen LogP contribution in [0.2, 0.25) is 0 Å². The summed E-state index contributed by atoms with van der Waals surface area (Å²) in [6, 6.07) is -0.852. The summed E-state index contributed by atoms with van der Waals surface area (Å²) in [4.78, 5) is 31.4. The number of amides is 1. The number of nitrogens with zero attached hydrogens (tertiary/aromatic N) is 4. The highest BCUT2D eigenvalue weighted by molar-refractivity contribution is 5.82. The van der Waals surface area contributed by atoms with E-state index in [0.717, 1.165) is 0 Å². The normalized spacial score (nSPS) is 21.0. The Morgan fingerprint density at radius 1 is 1.26 bits per heavy atom. The third kappa shape index (κ3) is 6.44. The van der Waals surface area contributed by atoms with Crippen LogP contribution in [0.15, 0.2) is 5.28 Å². The first-order valence-corrected chi connectivity index (χ1v) is 8.99. The van der Waals surface area contributed by atoms with Crippen molar-refractivity contribution in [2.45, 2.75) is 78.2 Å². The van der Waals surface area contributed by atoms with Crippen molar-refractivity contribution in [2.75, 3.05) is 20.2 Å². The SMILES string of the molecule is CCN(/[N+]([O-])=N/O[C@@H]1C[C@@H](C(=O)OC)N(C(=O)OC(C)(C)C)C1)C(C)(C)C. The fourth-order valence-electron chi connectivity index (χ4n) is 2.76. The van der Waals surface area contributed by atoms with E-state index >= 15 is 0 Å². The molecule has 0 saturated carbocycles. The fraction of sp³-hybridized carbons (Fsp3) is 0.882. The van der Waals surface area contributed by atoms with Crippen LogP contribution in [0.1, 0.15) is 54.9 Å². The van der Waals surface area contributed by atoms with Crippen LogP contribution < -0.4 is 0 Å². The number of likely N-dealkylation sites (tertiary alicyclic amines) is 1. The summed E-state index contributed by atoms with van der Waals surface area (Å²) < 4.78 is 10.1. The number of esters is 1. The van der Waals surface area contributed by atoms with Gasteiger partial charge in [0, 0.05) is 6.42 Å². The topological polar surface area (TPSA) is 107 Å². The predicted octanol–water partition coefficient (Wildman–Crippen LogP) is 2.47. The van der Waals surface area contributed by atoms with E-state index < -0.39 is 35.3 Å². The zero-order chi connectivity index (χ0) is 21.0. The number of ether oxygens (including phenoxy) is 2. The Hall–Kier alpha value is -2.26. The van der Waals surface area contributed by atoms with Crippen LogP contribution in [0.25, 0.3) is 0 Å². The smallest absolute Gasteiger partial charge is 0.411 e. The van der Waals surface area contributed by atoms with Crippen LogP contribution in [0, 0.1) is 5.21 Å². The lowest BCUT2D eigenvalue weighted by atomic mass is 10.1. The zero-order valence-electron chi connectivity index (χ0n) is 17.5. The molecule has 0 radical (unpaired) electrons. The minimum Gasteiger partial charge on any atom is -0.569 e. The van der Waals surface area contributed by atoms with E-state index in [2.05, 4.69) is 5.28 Å². The van der Waals surface area contributed by atoms with Crippen LogP contribution in [-0.2, 0) is 19.1 Å². The summed E-state index contributed by atoms with van der Waals surface area (Å²) in [7, 11) is 1.25. The fourth-order valence-corrected chi connectivity index (χ4v) is 2.76. The van der Waals surface area contributed by atoms with Gasteiger partial charge < -0.3 is 19.5 Å². The third-order valence-electron chi connectivity index (χ3n) is 3.91. The van der Waals surface area contributed by atoms with E-state index in [1.165, 1.54) is 17.0 Å². The Kier molecular flexibility index (Phi) is 7.27. The van der Waals surface area contributed by atoms with Crippen LogP contribution in [0.4, 0.5) is 4.79 Å². The van der Waals surface area contributed by atoms with Gasteiger partial charge in [0.25, 0.3) is 0 Å². The molecule has 10 nitrogen and oxygen atoms in total. The molecule has 0 spiro atoms. The molecular weight excluding hydrogens is 356 g/mol. The van der Waals surface area contributed by atoms with E-state index in [0.29, 0.717) is 11.5 Å². The second kappa shape index (κ2) is 8.62. The summed E-state index contributed by atoms with van der Waals surface area (Å²) in [6.45, 7) is 13.2. The molecule has 156 valence electrons. The van der Waals surface area contributed by atoms with E-state index in [1.807, 2.05) is 27.7 Å². The predicted molar refractivity (Wildman–Crippen MR) is 96.4 cm³/mol. The quantitative estimate of drug-likeness (QED) is 0.308. The Morgan fingerprint density at radius 3 is 2.30 bits per heavy atom. The minimum atomic E-state index is -0.852. The molecule has 0 N–H and O–H groups in total. The van der Waals surface area contributed by atoms with E-state index in [4.69, 9.17) is 14.3 Å². The zero-order valence-corrected chi connectivity index (χ0v) is 17.5. The van der Waals surface area contributed by atoms with Gasteiger partial charge in [0.2, 0.25) is 5.28 Å². The molecule has 1 heterocycles. The highest BCUT2D eigenvalue weighted by Gasteiger charge is 2.44. The van der Waals surface area contributed by atoms with Crippen molar-refractivity contribution in [3.05, 3.63) is 5.21 Å². The number of carbonyl (C=O) groups excluding carboxylic acids is 2. The van der Waals surface area contributed by atoms with Crippen LogP contribution >= 0.6 is 0 Å². The molecule has 0 bridgehead atoms. The summed E-state index contributed by atoms with van der Waals surface area (Å²) in [5.41, 5.74) is -1.14. The Labute approximate surface area is 160 Å². The standard InChI is InChI=1S/C17H32N4O6/c1-9-20(16(2,3)4)21(24)18-27-12-10-13(14(22)25-8)19(11-12)15(23)26-17(5,6)7/h12-13H,9-11H2,1-8H3/b21-18-/t12-,13+/m1/s1. The molecule has 0 aromatic carbocycles. The number of carbonyl (C=O) groups is 2. The minimum absolute atomic E-state index is 0.0632. The lowest BCUT2D eigenvalue weighted by Crippen LogP contribution is -2.45. The number of hydrogen-bond acceptors (Lipinski definition) is 7. The van der Waals surface area contributed by atoms with E-state index in [1.54, 1.807) is 20.8 Å². The molecule has 27 heavy (non-hydrogen) atoms. The average Bonchev–Trinajstić information content (AvgIpc) is 2.94. The molecule has 1 aliphatic heterocycles. The summed E-state index contributed by atoms with van der Waals surface area (Å²) in [5.74, 6) is -0.573. The second-order valence-electron chi connectivity index (χ2n) is 8.36. The first kappa shape index (κ1) is 22.8. The van der Waals surface area contributed by atoms with Crippen molar-refractivity contribution in [1.29, 1.82) is 0 Å². The molecule has 0 aromatic heterocycles. The molecule has 0 unspecified atom stereocenters. The van der Waals surface area contributed by atoms with Crippen molar-refractivity contribution in [1.82, 2.24) is 9.91 Å². The Bertz CT molecular complexity index is 567. The van der Waals surface area contributed by atoms with Crippen molar-refractivity contribution in [3.63, 3.8) is 0 Å². The summed E-state index contributed by atoms with van der Waals surface area (Å²) >= 11 is 0. The molecule has 1 rings (SSSR count). The second-order valence-corrected chi connectivity index (χ2v) is 8.36. The highest BCUT2D eigenvalue weighted by Crippen LogP contribution is 2.24. The molecular formula is C17H32N4O6. The van der Waals surface area contributed by atoms with Gasteiger partial charge in [-0.25, -0.2) is 9.59 Å². The Morgan fingerprint density at radius 2 is 1.85 bits per heavy atom. The molecule has 0 aromatic rings. The molecule has 0 aliphatic carbocycles. The van der Waals surface area contributed by atoms with Gasteiger partial charge in [-0.2, -0.15) is 0 Å². The van der Waals surface area contributed by atoms with Gasteiger partial charge in [-0.15, -0.1) is 5.01 Å². The maximum Gasteiger partial charge on any atom is 0.411 e. The first-order chi connectivity index (χ1) is 12.3. The maximum atomic E-state index is 12.4.